The topological polar surface area (TPSA) is 42.2 Å². The van der Waals surface area contributed by atoms with Gasteiger partial charge in [-0.15, -0.1) is 0 Å². The third-order valence-electron chi connectivity index (χ3n) is 3.81. The van der Waals surface area contributed by atoms with Crippen LogP contribution in [0.5, 0.6) is 0 Å². The summed E-state index contributed by atoms with van der Waals surface area (Å²) >= 11 is 0. The minimum absolute atomic E-state index is 0.111. The molecule has 22 heavy (non-hydrogen) atoms. The first-order valence-corrected chi connectivity index (χ1v) is 7.16. The maximum Gasteiger partial charge on any atom is 0.255 e. The smallest absolute Gasteiger partial charge is 0.255 e. The van der Waals surface area contributed by atoms with Crippen LogP contribution in [-0.2, 0) is 0 Å². The van der Waals surface area contributed by atoms with Crippen LogP contribution in [0.15, 0.2) is 65.3 Å². The van der Waals surface area contributed by atoms with E-state index in [-0.39, 0.29) is 5.91 Å². The summed E-state index contributed by atoms with van der Waals surface area (Å²) in [5, 5.41) is 2.96. The molecule has 0 aliphatic carbocycles. The Morgan fingerprint density at radius 1 is 0.955 bits per heavy atom. The lowest BCUT2D eigenvalue weighted by atomic mass is 10.1. The van der Waals surface area contributed by atoms with E-state index in [1.54, 1.807) is 18.4 Å². The highest BCUT2D eigenvalue weighted by molar-refractivity contribution is 6.04. The van der Waals surface area contributed by atoms with Crippen molar-refractivity contribution in [1.29, 1.82) is 0 Å². The fraction of sp³-hybridized carbons (Fsp3) is 0.105. The van der Waals surface area contributed by atoms with Crippen LogP contribution in [0.3, 0.4) is 0 Å². The molecule has 0 saturated heterocycles. The van der Waals surface area contributed by atoms with E-state index in [2.05, 4.69) is 5.32 Å². The largest absolute Gasteiger partial charge is 0.464 e. The number of hydrogen-bond donors (Lipinski definition) is 1. The zero-order valence-electron chi connectivity index (χ0n) is 12.6. The van der Waals surface area contributed by atoms with Gasteiger partial charge in [-0.25, -0.2) is 0 Å². The molecule has 2 aromatic carbocycles. The van der Waals surface area contributed by atoms with Crippen LogP contribution < -0.4 is 5.32 Å². The summed E-state index contributed by atoms with van der Waals surface area (Å²) < 4.78 is 5.34. The Labute approximate surface area is 129 Å². The van der Waals surface area contributed by atoms with Crippen LogP contribution in [-0.4, -0.2) is 5.91 Å². The van der Waals surface area contributed by atoms with Crippen LogP contribution in [0.4, 0.5) is 5.69 Å². The summed E-state index contributed by atoms with van der Waals surface area (Å²) in [6.07, 6.45) is 1.64. The first-order chi connectivity index (χ1) is 10.6. The standard InChI is InChI=1S/C19H17NO2/c1-13-5-3-6-17(14(13)2)20-19(21)16-10-8-15(9-11-16)18-7-4-12-22-18/h3-12H,1-2H3,(H,20,21). The maximum atomic E-state index is 12.3. The first-order valence-electron chi connectivity index (χ1n) is 7.16. The molecule has 3 nitrogen and oxygen atoms in total. The Hall–Kier alpha value is -2.81. The molecule has 0 aliphatic rings. The molecule has 0 saturated carbocycles. The third-order valence-corrected chi connectivity index (χ3v) is 3.81. The Morgan fingerprint density at radius 3 is 2.41 bits per heavy atom. The van der Waals surface area contributed by atoms with Gasteiger partial charge in [-0.1, -0.05) is 24.3 Å². The lowest BCUT2D eigenvalue weighted by Gasteiger charge is -2.10. The van der Waals surface area contributed by atoms with Gasteiger partial charge >= 0.3 is 0 Å². The molecule has 0 fully saturated rings. The highest BCUT2D eigenvalue weighted by atomic mass is 16.3. The predicted octanol–water partition coefficient (Wildman–Crippen LogP) is 4.82. The van der Waals surface area contributed by atoms with Crippen molar-refractivity contribution >= 4 is 11.6 Å². The predicted molar refractivity (Wildman–Crippen MR) is 88.0 cm³/mol. The second kappa shape index (κ2) is 5.90. The second-order valence-corrected chi connectivity index (χ2v) is 5.26. The van der Waals surface area contributed by atoms with Gasteiger partial charge in [-0.05, 0) is 55.3 Å². The number of carbonyl (C=O) groups excluding carboxylic acids is 1. The van der Waals surface area contributed by atoms with Gasteiger partial charge in [0.15, 0.2) is 0 Å². The molecule has 1 heterocycles. The summed E-state index contributed by atoms with van der Waals surface area (Å²) in [4.78, 5) is 12.3. The van der Waals surface area contributed by atoms with E-state index < -0.39 is 0 Å². The van der Waals surface area contributed by atoms with E-state index in [1.807, 2.05) is 56.3 Å². The van der Waals surface area contributed by atoms with Gasteiger partial charge in [0.2, 0.25) is 0 Å². The molecule has 1 amide bonds. The minimum atomic E-state index is -0.111. The van der Waals surface area contributed by atoms with E-state index in [9.17, 15) is 4.79 Å². The summed E-state index contributed by atoms with van der Waals surface area (Å²) in [5.41, 5.74) is 4.67. The van der Waals surface area contributed by atoms with Crippen LogP contribution in [0.2, 0.25) is 0 Å². The number of anilines is 1. The van der Waals surface area contributed by atoms with Gasteiger partial charge in [0.05, 0.1) is 6.26 Å². The molecule has 3 heteroatoms. The molecule has 0 aliphatic heterocycles. The number of furan rings is 1. The van der Waals surface area contributed by atoms with Crippen molar-refractivity contribution in [2.24, 2.45) is 0 Å². The minimum Gasteiger partial charge on any atom is -0.464 e. The van der Waals surface area contributed by atoms with Crippen molar-refractivity contribution in [3.05, 3.63) is 77.6 Å². The molecule has 0 radical (unpaired) electrons. The van der Waals surface area contributed by atoms with Gasteiger partial charge in [0, 0.05) is 16.8 Å². The van der Waals surface area contributed by atoms with Gasteiger partial charge in [-0.2, -0.15) is 0 Å². The zero-order valence-corrected chi connectivity index (χ0v) is 12.6. The van der Waals surface area contributed by atoms with E-state index in [1.165, 1.54) is 0 Å². The maximum absolute atomic E-state index is 12.3. The Kier molecular flexibility index (Phi) is 3.79. The molecule has 1 N–H and O–H groups in total. The Balaban J connectivity index is 1.79. The molecule has 1 aromatic heterocycles. The number of nitrogens with one attached hydrogen (secondary N) is 1. The van der Waals surface area contributed by atoms with Crippen LogP contribution in [0.1, 0.15) is 21.5 Å². The third kappa shape index (κ3) is 2.79. The molecule has 110 valence electrons. The number of rotatable bonds is 3. The van der Waals surface area contributed by atoms with Gasteiger partial charge in [-0.3, -0.25) is 4.79 Å². The Morgan fingerprint density at radius 2 is 1.73 bits per heavy atom. The van der Waals surface area contributed by atoms with Crippen molar-refractivity contribution in [2.75, 3.05) is 5.32 Å². The SMILES string of the molecule is Cc1cccc(NC(=O)c2ccc(-c3ccco3)cc2)c1C. The summed E-state index contributed by atoms with van der Waals surface area (Å²) in [6.45, 7) is 4.04. The van der Waals surface area contributed by atoms with E-state index in [0.29, 0.717) is 5.56 Å². The number of aryl methyl sites for hydroxylation is 1. The second-order valence-electron chi connectivity index (χ2n) is 5.26. The highest BCUT2D eigenvalue weighted by Crippen LogP contribution is 2.22. The summed E-state index contributed by atoms with van der Waals surface area (Å²) in [5.74, 6) is 0.682. The highest BCUT2D eigenvalue weighted by Gasteiger charge is 2.09. The van der Waals surface area contributed by atoms with Crippen molar-refractivity contribution in [2.45, 2.75) is 13.8 Å². The van der Waals surface area contributed by atoms with Crippen LogP contribution >= 0.6 is 0 Å². The monoisotopic (exact) mass is 291 g/mol. The fourth-order valence-corrected chi connectivity index (χ4v) is 2.31. The molecule has 0 atom stereocenters. The van der Waals surface area contributed by atoms with Crippen LogP contribution in [0.25, 0.3) is 11.3 Å². The molecular formula is C19H17NO2. The lowest BCUT2D eigenvalue weighted by molar-refractivity contribution is 0.102. The number of amides is 1. The van der Waals surface area contributed by atoms with E-state index in [0.717, 1.165) is 28.1 Å². The lowest BCUT2D eigenvalue weighted by Crippen LogP contribution is -2.12. The van der Waals surface area contributed by atoms with Crippen molar-refractivity contribution in [3.8, 4) is 11.3 Å². The quantitative estimate of drug-likeness (QED) is 0.752. The normalized spacial score (nSPS) is 10.5. The molecule has 0 unspecified atom stereocenters. The number of benzene rings is 2. The molecule has 3 aromatic rings. The Bertz CT molecular complexity index is 787. The molecule has 0 bridgehead atoms. The average molecular weight is 291 g/mol. The van der Waals surface area contributed by atoms with E-state index >= 15 is 0 Å². The van der Waals surface area contributed by atoms with Crippen molar-refractivity contribution < 1.29 is 9.21 Å². The first kappa shape index (κ1) is 14.1. The van der Waals surface area contributed by atoms with E-state index in [4.69, 9.17) is 4.42 Å². The average Bonchev–Trinajstić information content (AvgIpc) is 3.06. The summed E-state index contributed by atoms with van der Waals surface area (Å²) in [7, 11) is 0. The van der Waals surface area contributed by atoms with Crippen molar-refractivity contribution in [1.82, 2.24) is 0 Å². The zero-order chi connectivity index (χ0) is 15.5. The number of carbonyl (C=O) groups is 1. The fourth-order valence-electron chi connectivity index (χ4n) is 2.31. The van der Waals surface area contributed by atoms with Gasteiger partial charge < -0.3 is 9.73 Å². The molecule has 3 rings (SSSR count). The van der Waals surface area contributed by atoms with Crippen LogP contribution in [0, 0.1) is 13.8 Å². The van der Waals surface area contributed by atoms with Gasteiger partial charge in [0.25, 0.3) is 5.91 Å². The van der Waals surface area contributed by atoms with Gasteiger partial charge in [0.1, 0.15) is 5.76 Å². The molecular weight excluding hydrogens is 274 g/mol. The molecule has 0 spiro atoms. The summed E-state index contributed by atoms with van der Waals surface area (Å²) in [6, 6.07) is 17.0. The number of hydrogen-bond acceptors (Lipinski definition) is 2. The van der Waals surface area contributed by atoms with Crippen molar-refractivity contribution in [3.63, 3.8) is 0 Å².